The van der Waals surface area contributed by atoms with Crippen molar-refractivity contribution in [1.82, 2.24) is 9.97 Å². The molecule has 1 aromatic carbocycles. The Morgan fingerprint density at radius 3 is 2.63 bits per heavy atom. The number of anilines is 1. The normalized spacial score (nSPS) is 10.3. The second kappa shape index (κ2) is 6.46. The smallest absolute Gasteiger partial charge is 0.224 e. The first-order chi connectivity index (χ1) is 9.21. The van der Waals surface area contributed by atoms with Gasteiger partial charge in [0, 0.05) is 17.6 Å². The number of hydrazine groups is 1. The van der Waals surface area contributed by atoms with E-state index in [1.54, 1.807) is 13.2 Å². The first-order valence-electron chi connectivity index (χ1n) is 5.48. The van der Waals surface area contributed by atoms with Crippen molar-refractivity contribution in [3.05, 3.63) is 40.6 Å². The minimum atomic E-state index is 0.284. The molecule has 19 heavy (non-hydrogen) atoms. The molecule has 2 aromatic rings. The van der Waals surface area contributed by atoms with Gasteiger partial charge in [-0.3, -0.25) is 0 Å². The molecule has 0 atom stereocenters. The molecule has 0 radical (unpaired) electrons. The summed E-state index contributed by atoms with van der Waals surface area (Å²) in [5.74, 6) is 7.39. The molecule has 0 spiro atoms. The minimum Gasteiger partial charge on any atom is -0.439 e. The van der Waals surface area contributed by atoms with Gasteiger partial charge in [-0.25, -0.2) is 10.8 Å². The fourth-order valence-electron chi connectivity index (χ4n) is 1.42. The van der Waals surface area contributed by atoms with Gasteiger partial charge in [-0.1, -0.05) is 15.9 Å². The maximum absolute atomic E-state index is 5.64. The number of methoxy groups -OCH3 is 1. The van der Waals surface area contributed by atoms with Crippen molar-refractivity contribution in [2.75, 3.05) is 12.5 Å². The Hall–Kier alpha value is -1.70. The standard InChI is InChI=1S/C12H13BrN4O2/c1-18-7-11-15-10(17-14)6-12(16-11)19-9-4-2-8(13)3-5-9/h2-6H,7,14H2,1H3,(H,15,16,17). The van der Waals surface area contributed by atoms with E-state index < -0.39 is 0 Å². The SMILES string of the molecule is COCc1nc(NN)cc(Oc2ccc(Br)cc2)n1. The van der Waals surface area contributed by atoms with Crippen molar-refractivity contribution in [2.24, 2.45) is 5.84 Å². The van der Waals surface area contributed by atoms with Gasteiger partial charge in [0.1, 0.15) is 18.2 Å². The highest BCUT2D eigenvalue weighted by molar-refractivity contribution is 9.10. The Morgan fingerprint density at radius 2 is 2.00 bits per heavy atom. The molecule has 1 aromatic heterocycles. The molecular weight excluding hydrogens is 312 g/mol. The molecule has 6 nitrogen and oxygen atoms in total. The highest BCUT2D eigenvalue weighted by atomic mass is 79.9. The molecule has 1 heterocycles. The maximum Gasteiger partial charge on any atom is 0.224 e. The molecule has 0 saturated carbocycles. The van der Waals surface area contributed by atoms with Gasteiger partial charge in [0.05, 0.1) is 0 Å². The average Bonchev–Trinajstić information content (AvgIpc) is 2.41. The first kappa shape index (κ1) is 13.7. The molecule has 0 aliphatic carbocycles. The zero-order valence-electron chi connectivity index (χ0n) is 10.3. The highest BCUT2D eigenvalue weighted by Gasteiger charge is 2.06. The minimum absolute atomic E-state index is 0.284. The Balaban J connectivity index is 2.23. The number of nitrogens with zero attached hydrogens (tertiary/aromatic N) is 2. The number of nitrogen functional groups attached to an aromatic ring is 1. The van der Waals surface area contributed by atoms with Crippen LogP contribution in [0, 0.1) is 0 Å². The van der Waals surface area contributed by atoms with Crippen LogP contribution in [0.5, 0.6) is 11.6 Å². The molecule has 100 valence electrons. The van der Waals surface area contributed by atoms with Crippen LogP contribution in [0.4, 0.5) is 5.82 Å². The van der Waals surface area contributed by atoms with Crippen LogP contribution in [0.2, 0.25) is 0 Å². The molecule has 0 fully saturated rings. The van der Waals surface area contributed by atoms with Gasteiger partial charge in [-0.2, -0.15) is 4.98 Å². The second-order valence-corrected chi connectivity index (χ2v) is 4.56. The number of aromatic nitrogens is 2. The molecule has 0 aliphatic rings. The van der Waals surface area contributed by atoms with E-state index in [-0.39, 0.29) is 6.61 Å². The summed E-state index contributed by atoms with van der Waals surface area (Å²) >= 11 is 3.36. The summed E-state index contributed by atoms with van der Waals surface area (Å²) in [6.45, 7) is 0.284. The van der Waals surface area contributed by atoms with Gasteiger partial charge in [0.15, 0.2) is 5.82 Å². The zero-order valence-corrected chi connectivity index (χ0v) is 11.8. The van der Waals surface area contributed by atoms with Gasteiger partial charge in [0.25, 0.3) is 0 Å². The van der Waals surface area contributed by atoms with Gasteiger partial charge < -0.3 is 14.9 Å². The third-order valence-electron chi connectivity index (χ3n) is 2.21. The predicted octanol–water partition coefficient (Wildman–Crippen LogP) is 2.46. The van der Waals surface area contributed by atoms with Crippen LogP contribution in [0.1, 0.15) is 5.82 Å². The lowest BCUT2D eigenvalue weighted by molar-refractivity contribution is 0.177. The van der Waals surface area contributed by atoms with Crippen molar-refractivity contribution in [1.29, 1.82) is 0 Å². The maximum atomic E-state index is 5.64. The molecule has 2 rings (SSSR count). The summed E-state index contributed by atoms with van der Waals surface area (Å²) in [7, 11) is 1.57. The number of nitrogens with one attached hydrogen (secondary N) is 1. The number of halogens is 1. The van der Waals surface area contributed by atoms with E-state index in [9.17, 15) is 0 Å². The lowest BCUT2D eigenvalue weighted by atomic mass is 10.3. The number of benzene rings is 1. The van der Waals surface area contributed by atoms with Crippen LogP contribution >= 0.6 is 15.9 Å². The average molecular weight is 325 g/mol. The zero-order chi connectivity index (χ0) is 13.7. The lowest BCUT2D eigenvalue weighted by Gasteiger charge is -2.08. The molecule has 0 saturated heterocycles. The third kappa shape index (κ3) is 3.88. The van der Waals surface area contributed by atoms with E-state index >= 15 is 0 Å². The lowest BCUT2D eigenvalue weighted by Crippen LogP contribution is -2.11. The van der Waals surface area contributed by atoms with E-state index in [1.165, 1.54) is 0 Å². The Bertz CT molecular complexity index is 548. The summed E-state index contributed by atoms with van der Waals surface area (Å²) in [5, 5.41) is 0. The highest BCUT2D eigenvalue weighted by Crippen LogP contribution is 2.23. The van der Waals surface area contributed by atoms with E-state index in [0.29, 0.717) is 23.3 Å². The fourth-order valence-corrected chi connectivity index (χ4v) is 1.68. The third-order valence-corrected chi connectivity index (χ3v) is 2.73. The fraction of sp³-hybridized carbons (Fsp3) is 0.167. The molecule has 7 heteroatoms. The van der Waals surface area contributed by atoms with Crippen molar-refractivity contribution in [3.63, 3.8) is 0 Å². The summed E-state index contributed by atoms with van der Waals surface area (Å²) in [6.07, 6.45) is 0. The molecule has 0 amide bonds. The quantitative estimate of drug-likeness (QED) is 0.649. The number of nitrogens with two attached hydrogens (primary N) is 1. The number of hydrogen-bond donors (Lipinski definition) is 2. The van der Waals surface area contributed by atoms with Crippen molar-refractivity contribution < 1.29 is 9.47 Å². The summed E-state index contributed by atoms with van der Waals surface area (Å²) in [5.41, 5.74) is 2.47. The molecular formula is C12H13BrN4O2. The van der Waals surface area contributed by atoms with Crippen LogP contribution < -0.4 is 16.0 Å². The molecule has 0 aliphatic heterocycles. The Kier molecular flexibility index (Phi) is 4.67. The van der Waals surface area contributed by atoms with Crippen LogP contribution in [-0.2, 0) is 11.3 Å². The van der Waals surface area contributed by atoms with Crippen molar-refractivity contribution >= 4 is 21.7 Å². The second-order valence-electron chi connectivity index (χ2n) is 3.64. The van der Waals surface area contributed by atoms with Gasteiger partial charge in [-0.15, -0.1) is 0 Å². The number of hydrogen-bond acceptors (Lipinski definition) is 6. The Labute approximate surface area is 119 Å². The van der Waals surface area contributed by atoms with Gasteiger partial charge in [0.2, 0.25) is 5.88 Å². The molecule has 0 bridgehead atoms. The summed E-state index contributed by atoms with van der Waals surface area (Å²) in [6, 6.07) is 9.04. The van der Waals surface area contributed by atoms with E-state index in [0.717, 1.165) is 4.47 Å². The summed E-state index contributed by atoms with van der Waals surface area (Å²) < 4.78 is 11.6. The summed E-state index contributed by atoms with van der Waals surface area (Å²) in [4.78, 5) is 8.36. The number of ether oxygens (including phenoxy) is 2. The largest absolute Gasteiger partial charge is 0.439 e. The van der Waals surface area contributed by atoms with Crippen LogP contribution in [0.15, 0.2) is 34.8 Å². The van der Waals surface area contributed by atoms with Crippen LogP contribution in [0.3, 0.4) is 0 Å². The number of rotatable bonds is 5. The van der Waals surface area contributed by atoms with E-state index in [1.807, 2.05) is 24.3 Å². The molecule has 3 N–H and O–H groups in total. The van der Waals surface area contributed by atoms with Gasteiger partial charge in [-0.05, 0) is 24.3 Å². The van der Waals surface area contributed by atoms with Crippen molar-refractivity contribution in [2.45, 2.75) is 6.61 Å². The van der Waals surface area contributed by atoms with Crippen LogP contribution in [0.25, 0.3) is 0 Å². The van der Waals surface area contributed by atoms with Crippen LogP contribution in [-0.4, -0.2) is 17.1 Å². The van der Waals surface area contributed by atoms with Crippen molar-refractivity contribution in [3.8, 4) is 11.6 Å². The predicted molar refractivity (Wildman–Crippen MR) is 74.8 cm³/mol. The van der Waals surface area contributed by atoms with E-state index in [2.05, 4.69) is 31.3 Å². The topological polar surface area (TPSA) is 82.3 Å². The molecule has 0 unspecified atom stereocenters. The Morgan fingerprint density at radius 1 is 1.26 bits per heavy atom. The van der Waals surface area contributed by atoms with Gasteiger partial charge >= 0.3 is 0 Å². The van der Waals surface area contributed by atoms with E-state index in [4.69, 9.17) is 15.3 Å². The monoisotopic (exact) mass is 324 g/mol. The first-order valence-corrected chi connectivity index (χ1v) is 6.27.